The van der Waals surface area contributed by atoms with Crippen molar-refractivity contribution >= 4 is 5.91 Å². The van der Waals surface area contributed by atoms with Crippen molar-refractivity contribution in [3.8, 4) is 0 Å². The third-order valence-electron chi connectivity index (χ3n) is 5.73. The Kier molecular flexibility index (Phi) is 3.84. The molecule has 19 heavy (non-hydrogen) atoms. The van der Waals surface area contributed by atoms with Crippen molar-refractivity contribution in [1.29, 1.82) is 0 Å². The second kappa shape index (κ2) is 5.43. The van der Waals surface area contributed by atoms with Crippen molar-refractivity contribution in [2.24, 2.45) is 17.8 Å². The highest BCUT2D eigenvalue weighted by Crippen LogP contribution is 2.50. The van der Waals surface area contributed by atoms with Gasteiger partial charge < -0.3 is 10.2 Å². The third-order valence-corrected chi connectivity index (χ3v) is 5.73. The summed E-state index contributed by atoms with van der Waals surface area (Å²) in [5, 5.41) is 3.46. The molecular weight excluding hydrogens is 236 g/mol. The molecule has 2 aliphatic carbocycles. The molecule has 1 amide bonds. The van der Waals surface area contributed by atoms with Crippen LogP contribution < -0.4 is 5.32 Å². The Bertz CT molecular complexity index is 338. The standard InChI is InChI=1S/C16H28N2O/c1-11-12(2)18(9-8-17-11)16(19)15-10-14(15)13-6-4-3-5-7-13/h11-15,17H,3-10H2,1-2H3. The van der Waals surface area contributed by atoms with E-state index < -0.39 is 0 Å². The predicted octanol–water partition coefficient (Wildman–Crippen LogP) is 2.41. The summed E-state index contributed by atoms with van der Waals surface area (Å²) < 4.78 is 0. The maximum Gasteiger partial charge on any atom is 0.226 e. The second-order valence-corrected chi connectivity index (χ2v) is 6.92. The minimum absolute atomic E-state index is 0.355. The molecule has 3 nitrogen and oxygen atoms in total. The number of nitrogens with zero attached hydrogens (tertiary/aromatic N) is 1. The first-order valence-corrected chi connectivity index (χ1v) is 8.22. The number of hydrogen-bond acceptors (Lipinski definition) is 2. The van der Waals surface area contributed by atoms with Gasteiger partial charge >= 0.3 is 0 Å². The van der Waals surface area contributed by atoms with E-state index in [0.29, 0.717) is 23.9 Å². The summed E-state index contributed by atoms with van der Waals surface area (Å²) in [4.78, 5) is 14.8. The third kappa shape index (κ3) is 2.67. The van der Waals surface area contributed by atoms with Crippen LogP contribution in [0.2, 0.25) is 0 Å². The van der Waals surface area contributed by atoms with Crippen molar-refractivity contribution in [2.75, 3.05) is 13.1 Å². The first-order chi connectivity index (χ1) is 9.18. The average molecular weight is 264 g/mol. The lowest BCUT2D eigenvalue weighted by molar-refractivity contribution is -0.136. The molecule has 4 atom stereocenters. The van der Waals surface area contributed by atoms with Crippen LogP contribution >= 0.6 is 0 Å². The number of piperazine rings is 1. The maximum absolute atomic E-state index is 12.7. The molecule has 0 radical (unpaired) electrons. The van der Waals surface area contributed by atoms with Crippen LogP contribution in [0.5, 0.6) is 0 Å². The molecule has 0 aromatic heterocycles. The fourth-order valence-corrected chi connectivity index (χ4v) is 4.16. The second-order valence-electron chi connectivity index (χ2n) is 6.92. The highest BCUT2D eigenvalue weighted by molar-refractivity contribution is 5.82. The average Bonchev–Trinajstić information content (AvgIpc) is 3.22. The molecule has 3 aliphatic rings. The SMILES string of the molecule is CC1NCCN(C(=O)C2CC2C2CCCCC2)C1C. The topological polar surface area (TPSA) is 32.3 Å². The minimum atomic E-state index is 0.355. The van der Waals surface area contributed by atoms with Crippen LogP contribution in [-0.4, -0.2) is 36.0 Å². The fourth-order valence-electron chi connectivity index (χ4n) is 4.16. The summed E-state index contributed by atoms with van der Waals surface area (Å²) in [6, 6.07) is 0.790. The smallest absolute Gasteiger partial charge is 0.226 e. The van der Waals surface area contributed by atoms with E-state index in [9.17, 15) is 4.79 Å². The Balaban J connectivity index is 1.56. The Labute approximate surface area is 117 Å². The van der Waals surface area contributed by atoms with Crippen LogP contribution in [0.1, 0.15) is 52.4 Å². The van der Waals surface area contributed by atoms with Crippen LogP contribution in [0.3, 0.4) is 0 Å². The van der Waals surface area contributed by atoms with Gasteiger partial charge in [-0.2, -0.15) is 0 Å². The minimum Gasteiger partial charge on any atom is -0.337 e. The number of hydrogen-bond donors (Lipinski definition) is 1. The van der Waals surface area contributed by atoms with Gasteiger partial charge in [0.05, 0.1) is 0 Å². The van der Waals surface area contributed by atoms with Gasteiger partial charge in [-0.05, 0) is 32.1 Å². The zero-order valence-electron chi connectivity index (χ0n) is 12.4. The molecule has 1 aliphatic heterocycles. The van der Waals surface area contributed by atoms with Crippen LogP contribution in [-0.2, 0) is 4.79 Å². The van der Waals surface area contributed by atoms with E-state index in [0.717, 1.165) is 24.9 Å². The zero-order valence-corrected chi connectivity index (χ0v) is 12.4. The molecule has 3 fully saturated rings. The quantitative estimate of drug-likeness (QED) is 0.830. The highest BCUT2D eigenvalue weighted by Gasteiger charge is 2.49. The lowest BCUT2D eigenvalue weighted by atomic mass is 9.85. The number of amides is 1. The molecule has 1 saturated heterocycles. The predicted molar refractivity (Wildman–Crippen MR) is 76.8 cm³/mol. The van der Waals surface area contributed by atoms with Gasteiger partial charge in [0.2, 0.25) is 5.91 Å². The lowest BCUT2D eigenvalue weighted by Gasteiger charge is -2.39. The van der Waals surface area contributed by atoms with Crippen molar-refractivity contribution in [1.82, 2.24) is 10.2 Å². The van der Waals surface area contributed by atoms with Crippen LogP contribution in [0.15, 0.2) is 0 Å². The van der Waals surface area contributed by atoms with Gasteiger partial charge in [0, 0.05) is 31.1 Å². The van der Waals surface area contributed by atoms with Gasteiger partial charge in [-0.25, -0.2) is 0 Å². The van der Waals surface area contributed by atoms with Crippen LogP contribution in [0.25, 0.3) is 0 Å². The van der Waals surface area contributed by atoms with E-state index in [1.807, 2.05) is 0 Å². The molecule has 3 rings (SSSR count). The number of rotatable bonds is 2. The monoisotopic (exact) mass is 264 g/mol. The van der Waals surface area contributed by atoms with E-state index in [1.165, 1.54) is 38.5 Å². The largest absolute Gasteiger partial charge is 0.337 e. The Morgan fingerprint density at radius 1 is 1.16 bits per heavy atom. The normalized spacial score (nSPS) is 40.2. The molecule has 3 heteroatoms. The summed E-state index contributed by atoms with van der Waals surface area (Å²) in [5.41, 5.74) is 0. The molecule has 4 unspecified atom stereocenters. The molecule has 0 aromatic rings. The fraction of sp³-hybridized carbons (Fsp3) is 0.938. The molecular formula is C16H28N2O. The summed E-state index contributed by atoms with van der Waals surface area (Å²) in [6.45, 7) is 6.23. The Morgan fingerprint density at radius 2 is 1.89 bits per heavy atom. The summed E-state index contributed by atoms with van der Waals surface area (Å²) in [7, 11) is 0. The van der Waals surface area contributed by atoms with Gasteiger partial charge in [0.1, 0.15) is 0 Å². The summed E-state index contributed by atoms with van der Waals surface area (Å²) in [6.07, 6.45) is 8.12. The van der Waals surface area contributed by atoms with Crippen molar-refractivity contribution in [3.05, 3.63) is 0 Å². The van der Waals surface area contributed by atoms with E-state index >= 15 is 0 Å². The molecule has 108 valence electrons. The maximum atomic E-state index is 12.7. The molecule has 1 N–H and O–H groups in total. The first-order valence-electron chi connectivity index (χ1n) is 8.22. The van der Waals surface area contributed by atoms with Gasteiger partial charge in [-0.1, -0.05) is 32.1 Å². The molecule has 2 saturated carbocycles. The molecule has 0 spiro atoms. The summed E-state index contributed by atoms with van der Waals surface area (Å²) in [5.74, 6) is 2.41. The molecule has 0 aromatic carbocycles. The Hall–Kier alpha value is -0.570. The van der Waals surface area contributed by atoms with Crippen LogP contribution in [0.4, 0.5) is 0 Å². The van der Waals surface area contributed by atoms with E-state index in [-0.39, 0.29) is 0 Å². The highest BCUT2D eigenvalue weighted by atomic mass is 16.2. The summed E-state index contributed by atoms with van der Waals surface area (Å²) >= 11 is 0. The van der Waals surface area contributed by atoms with E-state index in [2.05, 4.69) is 24.1 Å². The Morgan fingerprint density at radius 3 is 2.63 bits per heavy atom. The lowest BCUT2D eigenvalue weighted by Crippen LogP contribution is -2.57. The number of carbonyl (C=O) groups excluding carboxylic acids is 1. The molecule has 0 bridgehead atoms. The number of carbonyl (C=O) groups is 1. The van der Waals surface area contributed by atoms with Gasteiger partial charge in [-0.15, -0.1) is 0 Å². The molecule has 1 heterocycles. The van der Waals surface area contributed by atoms with Gasteiger partial charge in [-0.3, -0.25) is 4.79 Å². The number of nitrogens with one attached hydrogen (secondary N) is 1. The van der Waals surface area contributed by atoms with Gasteiger partial charge in [0.25, 0.3) is 0 Å². The van der Waals surface area contributed by atoms with E-state index in [1.54, 1.807) is 0 Å². The van der Waals surface area contributed by atoms with Crippen LogP contribution in [0, 0.1) is 17.8 Å². The van der Waals surface area contributed by atoms with Crippen molar-refractivity contribution < 1.29 is 4.79 Å². The van der Waals surface area contributed by atoms with Gasteiger partial charge in [0.15, 0.2) is 0 Å². The van der Waals surface area contributed by atoms with Crippen molar-refractivity contribution in [3.63, 3.8) is 0 Å². The van der Waals surface area contributed by atoms with Crippen molar-refractivity contribution in [2.45, 2.75) is 64.5 Å². The zero-order chi connectivity index (χ0) is 13.4. The van der Waals surface area contributed by atoms with E-state index in [4.69, 9.17) is 0 Å². The first kappa shape index (κ1) is 13.4.